The van der Waals surface area contributed by atoms with Crippen molar-refractivity contribution < 1.29 is 32.2 Å². The summed E-state index contributed by atoms with van der Waals surface area (Å²) in [5.74, 6) is 1.84. The lowest BCUT2D eigenvalue weighted by Gasteiger charge is -2.26. The molecule has 3 amide bonds. The fraction of sp³-hybridized carbons (Fsp3) is 0.341. The first-order valence-corrected chi connectivity index (χ1v) is 21.3. The van der Waals surface area contributed by atoms with Gasteiger partial charge in [-0.15, -0.1) is 0 Å². The van der Waals surface area contributed by atoms with Gasteiger partial charge in [-0.05, 0) is 80.2 Å². The lowest BCUT2D eigenvalue weighted by Crippen LogP contribution is -2.38. The molecule has 1 aliphatic heterocycles. The van der Waals surface area contributed by atoms with Crippen molar-refractivity contribution >= 4 is 55.6 Å². The monoisotopic (exact) mass is 825 g/mol. The van der Waals surface area contributed by atoms with Crippen LogP contribution in [0.1, 0.15) is 52.5 Å². The Bertz CT molecular complexity index is 2350. The van der Waals surface area contributed by atoms with E-state index in [-0.39, 0.29) is 28.4 Å². The van der Waals surface area contributed by atoms with Crippen LogP contribution < -0.4 is 35.5 Å². The molecule has 3 aromatic carbocycles. The zero-order valence-electron chi connectivity index (χ0n) is 34.8. The van der Waals surface area contributed by atoms with Crippen LogP contribution in [-0.2, 0) is 25.0 Å². The normalized spacial score (nSPS) is 14.1. The number of hydrogen-bond acceptors (Lipinski definition) is 10. The summed E-state index contributed by atoms with van der Waals surface area (Å²) < 4.78 is 44.4. The molecule has 5 rings (SSSR count). The second-order valence-electron chi connectivity index (χ2n) is 15.2. The van der Waals surface area contributed by atoms with Crippen LogP contribution in [0.5, 0.6) is 17.2 Å². The standard InChI is InChI=1S/C44H55N7O7S/c1-9-31(27-39(56-6)29(2)42(52)46-21-24-51-22-13-10-14-23-51)47-40-28-32(19-20-45-40)58-38-18-17-35(33-15-11-12-16-34(33)38)48-43(53)49-36-25-30(44(3,4)5)26-37(41(36)57-7)50-59(8,54)55/h9,11-12,15-20,25-28,50H,1,10,13-14,21-24H2,2-8H3,(H,45,47)(H,46,52)(H2,48,49,53)/b31-27+,39-29-. The predicted molar refractivity (Wildman–Crippen MR) is 236 cm³/mol. The first-order chi connectivity index (χ1) is 28.1. The minimum atomic E-state index is -3.65. The number of aromatic nitrogens is 1. The highest BCUT2D eigenvalue weighted by Gasteiger charge is 2.23. The molecule has 5 N–H and O–H groups in total. The number of carbonyl (C=O) groups excluding carboxylic acids is 2. The van der Waals surface area contributed by atoms with Crippen molar-refractivity contribution in [3.8, 4) is 17.2 Å². The highest BCUT2D eigenvalue weighted by molar-refractivity contribution is 7.92. The molecule has 15 heteroatoms. The highest BCUT2D eigenvalue weighted by atomic mass is 32.2. The molecule has 0 atom stereocenters. The Kier molecular flexibility index (Phi) is 14.6. The Hall–Kier alpha value is -6.06. The van der Waals surface area contributed by atoms with Crippen molar-refractivity contribution in [2.75, 3.05) is 67.3 Å². The molecule has 1 aromatic heterocycles. The second-order valence-corrected chi connectivity index (χ2v) is 17.0. The first-order valence-electron chi connectivity index (χ1n) is 19.4. The second kappa shape index (κ2) is 19.6. The maximum atomic E-state index is 13.5. The topological polar surface area (TPSA) is 172 Å². The van der Waals surface area contributed by atoms with E-state index >= 15 is 0 Å². The fourth-order valence-electron chi connectivity index (χ4n) is 6.58. The third-order valence-electron chi connectivity index (χ3n) is 9.67. The molecule has 14 nitrogen and oxygen atoms in total. The van der Waals surface area contributed by atoms with Gasteiger partial charge in [0.05, 0.1) is 43.1 Å². The van der Waals surface area contributed by atoms with E-state index in [9.17, 15) is 18.0 Å². The van der Waals surface area contributed by atoms with Crippen molar-refractivity contribution in [1.82, 2.24) is 15.2 Å². The molecule has 2 heterocycles. The van der Waals surface area contributed by atoms with Crippen molar-refractivity contribution in [2.24, 2.45) is 0 Å². The summed E-state index contributed by atoms with van der Waals surface area (Å²) in [7, 11) is -0.725. The zero-order valence-corrected chi connectivity index (χ0v) is 35.6. The van der Waals surface area contributed by atoms with Crippen LogP contribution in [-0.4, -0.2) is 76.9 Å². The van der Waals surface area contributed by atoms with Gasteiger partial charge in [0.1, 0.15) is 23.1 Å². The van der Waals surface area contributed by atoms with Gasteiger partial charge < -0.3 is 40.4 Å². The van der Waals surface area contributed by atoms with Gasteiger partial charge in [-0.3, -0.25) is 9.52 Å². The summed E-state index contributed by atoms with van der Waals surface area (Å²) in [6, 6.07) is 17.3. The smallest absolute Gasteiger partial charge is 0.323 e. The number of allylic oxidation sites excluding steroid dienone is 2. The number of urea groups is 1. The number of benzene rings is 3. The van der Waals surface area contributed by atoms with Gasteiger partial charge in [-0.1, -0.05) is 58.0 Å². The lowest BCUT2D eigenvalue weighted by molar-refractivity contribution is -0.117. The van der Waals surface area contributed by atoms with Gasteiger partial charge >= 0.3 is 6.03 Å². The van der Waals surface area contributed by atoms with Crippen LogP contribution in [0.3, 0.4) is 0 Å². The summed E-state index contributed by atoms with van der Waals surface area (Å²) in [6.07, 6.45) is 9.61. The number of fused-ring (bicyclic) bond motifs is 1. The number of hydrogen-bond donors (Lipinski definition) is 5. The van der Waals surface area contributed by atoms with Crippen LogP contribution in [0.2, 0.25) is 0 Å². The number of carbonyl (C=O) groups is 2. The minimum Gasteiger partial charge on any atom is -0.496 e. The SMILES string of the molecule is C=C/C(=C\C(OC)=C(/C)C(=O)NCCN1CCCCC1)Nc1cc(Oc2ccc(NC(=O)Nc3cc(C(C)(C)C)cc(NS(C)(=O)=O)c3OC)c3ccccc23)ccn1. The number of sulfonamides is 1. The summed E-state index contributed by atoms with van der Waals surface area (Å²) in [5, 5.41) is 13.4. The molecule has 1 saturated heterocycles. The van der Waals surface area contributed by atoms with E-state index in [2.05, 4.69) is 42.5 Å². The summed E-state index contributed by atoms with van der Waals surface area (Å²) in [4.78, 5) is 33.3. The number of likely N-dealkylation sites (tertiary alicyclic amines) is 1. The molecule has 4 aromatic rings. The number of anilines is 4. The Morgan fingerprint density at radius 1 is 0.915 bits per heavy atom. The number of rotatable bonds is 16. The molecule has 0 aliphatic carbocycles. The number of piperidine rings is 1. The van der Waals surface area contributed by atoms with Crippen molar-refractivity contribution in [3.05, 3.63) is 108 Å². The van der Waals surface area contributed by atoms with E-state index < -0.39 is 16.1 Å². The minimum absolute atomic E-state index is 0.168. The molecule has 0 unspecified atom stereocenters. The van der Waals surface area contributed by atoms with Gasteiger partial charge in [-0.25, -0.2) is 18.2 Å². The summed E-state index contributed by atoms with van der Waals surface area (Å²) >= 11 is 0. The molecule has 0 spiro atoms. The Morgan fingerprint density at radius 3 is 2.27 bits per heavy atom. The first kappa shape index (κ1) is 44.1. The number of pyridine rings is 1. The Labute approximate surface area is 347 Å². The van der Waals surface area contributed by atoms with Crippen LogP contribution in [0, 0.1) is 0 Å². The molecule has 0 bridgehead atoms. The van der Waals surface area contributed by atoms with Crippen LogP contribution in [0.4, 0.5) is 27.7 Å². The third kappa shape index (κ3) is 12.2. The molecule has 59 heavy (non-hydrogen) atoms. The van der Waals surface area contributed by atoms with Gasteiger partial charge in [-0.2, -0.15) is 0 Å². The van der Waals surface area contributed by atoms with Crippen LogP contribution in [0.25, 0.3) is 10.8 Å². The molecule has 314 valence electrons. The quantitative estimate of drug-likeness (QED) is 0.0420. The van der Waals surface area contributed by atoms with Crippen molar-refractivity contribution in [3.63, 3.8) is 0 Å². The van der Waals surface area contributed by atoms with Gasteiger partial charge in [0.25, 0.3) is 5.91 Å². The molecule has 1 aliphatic rings. The lowest BCUT2D eigenvalue weighted by atomic mass is 9.86. The highest BCUT2D eigenvalue weighted by Crippen LogP contribution is 2.40. The Morgan fingerprint density at radius 2 is 1.61 bits per heavy atom. The molecule has 0 radical (unpaired) electrons. The van der Waals surface area contributed by atoms with E-state index in [0.29, 0.717) is 52.0 Å². The molecular formula is C44H55N7O7S. The van der Waals surface area contributed by atoms with E-state index in [1.54, 1.807) is 61.7 Å². The molecular weight excluding hydrogens is 771 g/mol. The summed E-state index contributed by atoms with van der Waals surface area (Å²) in [5.41, 5.74) is 2.41. The fourth-order valence-corrected chi connectivity index (χ4v) is 7.13. The number of nitrogens with zero attached hydrogens (tertiary/aromatic N) is 2. The van der Waals surface area contributed by atoms with Gasteiger partial charge in [0.15, 0.2) is 5.75 Å². The van der Waals surface area contributed by atoms with Crippen LogP contribution in [0.15, 0.2) is 103 Å². The summed E-state index contributed by atoms with van der Waals surface area (Å²) in [6.45, 7) is 15.1. The average Bonchev–Trinajstić information content (AvgIpc) is 3.19. The number of methoxy groups -OCH3 is 2. The van der Waals surface area contributed by atoms with Crippen LogP contribution >= 0.6 is 0 Å². The van der Waals surface area contributed by atoms with E-state index in [1.807, 2.05) is 45.0 Å². The van der Waals surface area contributed by atoms with Crippen molar-refractivity contribution in [1.29, 1.82) is 0 Å². The number of ether oxygens (including phenoxy) is 3. The van der Waals surface area contributed by atoms with Gasteiger partial charge in [0.2, 0.25) is 10.0 Å². The van der Waals surface area contributed by atoms with Gasteiger partial charge in [0, 0.05) is 47.9 Å². The van der Waals surface area contributed by atoms with Crippen molar-refractivity contribution in [2.45, 2.75) is 52.4 Å². The number of amides is 3. The Balaban J connectivity index is 1.31. The predicted octanol–water partition coefficient (Wildman–Crippen LogP) is 8.35. The van der Waals surface area contributed by atoms with E-state index in [0.717, 1.165) is 36.8 Å². The third-order valence-corrected chi connectivity index (χ3v) is 10.3. The maximum Gasteiger partial charge on any atom is 0.323 e. The number of nitrogens with one attached hydrogen (secondary N) is 5. The molecule has 1 fully saturated rings. The maximum absolute atomic E-state index is 13.5. The molecule has 0 saturated carbocycles. The van der Waals surface area contributed by atoms with E-state index in [4.69, 9.17) is 14.2 Å². The average molecular weight is 826 g/mol. The largest absolute Gasteiger partial charge is 0.496 e. The zero-order chi connectivity index (χ0) is 42.7. The van der Waals surface area contributed by atoms with E-state index in [1.165, 1.54) is 33.5 Å².